The maximum Gasteiger partial charge on any atom is 0.309 e. The van der Waals surface area contributed by atoms with Crippen LogP contribution < -0.4 is 10.2 Å². The fourth-order valence-corrected chi connectivity index (χ4v) is 5.28. The first kappa shape index (κ1) is 26.9. The summed E-state index contributed by atoms with van der Waals surface area (Å²) in [4.78, 5) is 26.6. The van der Waals surface area contributed by atoms with Gasteiger partial charge in [-0.3, -0.25) is 9.59 Å². The Hall–Kier alpha value is -3.71. The Morgan fingerprint density at radius 1 is 1.08 bits per heavy atom. The van der Waals surface area contributed by atoms with Gasteiger partial charge in [-0.1, -0.05) is 54.4 Å². The summed E-state index contributed by atoms with van der Waals surface area (Å²) in [6.07, 6.45) is 7.08. The third-order valence-corrected chi connectivity index (χ3v) is 7.17. The molecule has 4 N–H and O–H groups in total. The number of fused-ring (bicyclic) bond motifs is 1. The molecule has 0 saturated carbocycles. The van der Waals surface area contributed by atoms with E-state index in [-0.39, 0.29) is 12.8 Å². The summed E-state index contributed by atoms with van der Waals surface area (Å²) in [7, 11) is 0. The number of nitriles is 1. The van der Waals surface area contributed by atoms with Gasteiger partial charge in [-0.15, -0.1) is 0 Å². The third kappa shape index (κ3) is 7.92. The molecule has 0 saturated heterocycles. The van der Waals surface area contributed by atoms with Crippen molar-refractivity contribution < 1.29 is 25.1 Å². The highest BCUT2D eigenvalue weighted by molar-refractivity contribution is 8.03. The molecule has 1 heterocycles. The maximum absolute atomic E-state index is 11.1. The van der Waals surface area contributed by atoms with E-state index in [1.807, 2.05) is 64.8 Å². The van der Waals surface area contributed by atoms with Crippen LogP contribution in [-0.4, -0.2) is 35.2 Å². The molecule has 9 heteroatoms. The molecule has 0 atom stereocenters. The van der Waals surface area contributed by atoms with Gasteiger partial charge in [0.2, 0.25) is 0 Å². The Bertz CT molecular complexity index is 1280. The number of nitrogens with two attached hydrogens (primary N) is 1. The monoisotopic (exact) mass is 520 g/mol. The molecule has 0 fully saturated rings. The Morgan fingerprint density at radius 3 is 2.56 bits per heavy atom. The number of para-hydroxylation sites is 2. The molecule has 0 spiro atoms. The van der Waals surface area contributed by atoms with Gasteiger partial charge in [-0.2, -0.15) is 5.26 Å². The number of allylic oxidation sites excluding steroid dienone is 5. The first-order valence-corrected chi connectivity index (χ1v) is 12.8. The number of aliphatic carboxylic acids is 2. The lowest BCUT2D eigenvalue weighted by atomic mass is 10.2. The number of thioether (sulfide) groups is 2. The number of anilines is 1. The van der Waals surface area contributed by atoms with Gasteiger partial charge in [0.05, 0.1) is 46.6 Å². The predicted octanol–water partition coefficient (Wildman–Crippen LogP) is 4.90. The lowest BCUT2D eigenvalue weighted by molar-refractivity contribution is -0.572. The van der Waals surface area contributed by atoms with Gasteiger partial charge in [0.25, 0.3) is 0 Å². The molecule has 36 heavy (non-hydrogen) atoms. The molecular weight excluding hydrogens is 494 g/mol. The summed E-state index contributed by atoms with van der Waals surface area (Å²) in [6, 6.07) is 17.7. The zero-order chi connectivity index (χ0) is 25.9. The van der Waals surface area contributed by atoms with Crippen LogP contribution >= 0.6 is 23.5 Å². The van der Waals surface area contributed by atoms with Gasteiger partial charge in [-0.05, 0) is 42.5 Å². The second-order valence-corrected chi connectivity index (χ2v) is 9.91. The molecule has 2 aromatic rings. The number of nitrogens with zero attached hydrogens (tertiary/aromatic N) is 2. The minimum atomic E-state index is -0.864. The maximum atomic E-state index is 11.1. The van der Waals surface area contributed by atoms with Crippen LogP contribution in [0.4, 0.5) is 11.4 Å². The quantitative estimate of drug-likeness (QED) is 0.157. The number of hydrogen-bond donors (Lipinski definition) is 3. The largest absolute Gasteiger partial charge is 0.481 e. The summed E-state index contributed by atoms with van der Waals surface area (Å²) in [5, 5.41) is 30.4. The molecule has 1 aliphatic heterocycles. The molecule has 7 nitrogen and oxygen atoms in total. The van der Waals surface area contributed by atoms with E-state index in [9.17, 15) is 14.9 Å². The molecule has 0 bridgehead atoms. The third-order valence-electron chi connectivity index (χ3n) is 5.05. The number of carboxylic acids is 2. The molecule has 0 unspecified atom stereocenters. The number of hydrogen-bond acceptors (Lipinski definition) is 6. The van der Waals surface area contributed by atoms with E-state index in [4.69, 9.17) is 10.2 Å². The molecule has 2 aromatic carbocycles. The molecule has 184 valence electrons. The van der Waals surface area contributed by atoms with E-state index in [0.29, 0.717) is 18.7 Å². The van der Waals surface area contributed by atoms with Crippen LogP contribution in [0, 0.1) is 11.3 Å². The molecule has 0 radical (unpaired) electrons. The van der Waals surface area contributed by atoms with Gasteiger partial charge >= 0.3 is 11.9 Å². The number of benzene rings is 2. The van der Waals surface area contributed by atoms with Crippen LogP contribution in [0.5, 0.6) is 0 Å². The number of carbonyl (C=O) groups is 2. The van der Waals surface area contributed by atoms with Crippen LogP contribution in [0.15, 0.2) is 105 Å². The van der Waals surface area contributed by atoms with Gasteiger partial charge in [0.1, 0.15) is 5.69 Å². The minimum Gasteiger partial charge on any atom is -0.481 e. The van der Waals surface area contributed by atoms with E-state index in [0.717, 1.165) is 31.1 Å². The molecule has 0 aromatic heterocycles. The number of quaternary nitrogens is 1. The molecule has 0 amide bonds. The van der Waals surface area contributed by atoms with Gasteiger partial charge in [0, 0.05) is 22.4 Å². The van der Waals surface area contributed by atoms with Crippen LogP contribution in [0.3, 0.4) is 0 Å². The second kappa shape index (κ2) is 13.4. The summed E-state index contributed by atoms with van der Waals surface area (Å²) in [6.45, 7) is 4.85. The Balaban J connectivity index is 1.69. The highest BCUT2D eigenvalue weighted by atomic mass is 32.2. The standard InChI is InChI=1S/C27H25N3O4S2/c1-19(35-23-8-4-2-6-21(23)29-16-14-26(31)32)10-11-20(18-28)12-13-25-30(17-15-27(33)34)22-7-3-5-9-24(22)36-25/h2-13,29H,1,14-17H2,(H,31,32)(H,33,34)/p+1. The summed E-state index contributed by atoms with van der Waals surface area (Å²) < 4.78 is 0. The van der Waals surface area contributed by atoms with Crippen LogP contribution in [-0.2, 0) is 9.59 Å². The van der Waals surface area contributed by atoms with Gasteiger partial charge < -0.3 is 20.4 Å². The first-order chi connectivity index (χ1) is 17.4. The number of carboxylic acid groups (broad SMARTS) is 2. The first-order valence-electron chi connectivity index (χ1n) is 11.1. The van der Waals surface area contributed by atoms with E-state index >= 15 is 0 Å². The fourth-order valence-electron chi connectivity index (χ4n) is 3.36. The number of rotatable bonds is 12. The molecule has 3 rings (SSSR count). The summed E-state index contributed by atoms with van der Waals surface area (Å²) >= 11 is 2.98. The van der Waals surface area contributed by atoms with Gasteiger partial charge in [-0.25, -0.2) is 0 Å². The topological polar surface area (TPSA) is 118 Å². The van der Waals surface area contributed by atoms with Crippen LogP contribution in [0.1, 0.15) is 12.8 Å². The normalized spacial score (nSPS) is 14.1. The zero-order valence-electron chi connectivity index (χ0n) is 19.5. The fraction of sp³-hybridized carbons (Fsp3) is 0.148. The predicted molar refractivity (Wildman–Crippen MR) is 143 cm³/mol. The van der Waals surface area contributed by atoms with Crippen molar-refractivity contribution in [2.24, 2.45) is 0 Å². The van der Waals surface area contributed by atoms with E-state index in [1.165, 1.54) is 23.5 Å². The van der Waals surface area contributed by atoms with E-state index in [2.05, 4.69) is 12.6 Å². The van der Waals surface area contributed by atoms with Crippen molar-refractivity contribution >= 4 is 46.8 Å². The Kier molecular flexibility index (Phi) is 10.0. The lowest BCUT2D eigenvalue weighted by Gasteiger charge is -2.19. The molecule has 1 aliphatic rings. The van der Waals surface area contributed by atoms with Crippen molar-refractivity contribution in [1.82, 2.24) is 0 Å². The summed E-state index contributed by atoms with van der Waals surface area (Å²) in [5.74, 6) is -1.70. The lowest BCUT2D eigenvalue weighted by Crippen LogP contribution is -2.78. The highest BCUT2D eigenvalue weighted by Gasteiger charge is 2.24. The van der Waals surface area contributed by atoms with Crippen LogP contribution in [0.2, 0.25) is 0 Å². The molecule has 0 aliphatic carbocycles. The zero-order valence-corrected chi connectivity index (χ0v) is 21.1. The van der Waals surface area contributed by atoms with Crippen molar-refractivity contribution in [3.63, 3.8) is 0 Å². The van der Waals surface area contributed by atoms with Crippen molar-refractivity contribution in [2.45, 2.75) is 22.6 Å². The average Bonchev–Trinajstić information content (AvgIpc) is 3.21. The SMILES string of the molecule is C=C(C=CC(C#N)=CC=C1Sc2ccccc2N1CCC(=O)O)Sc1ccccc1[NH2+]CCC(=O)O. The Morgan fingerprint density at radius 2 is 1.81 bits per heavy atom. The molecular formula is C27H26N3O4S2+. The minimum absolute atomic E-state index is 0.00716. The van der Waals surface area contributed by atoms with Gasteiger partial charge in [0.15, 0.2) is 0 Å². The van der Waals surface area contributed by atoms with Crippen molar-refractivity contribution in [2.75, 3.05) is 18.0 Å². The average molecular weight is 521 g/mol. The smallest absolute Gasteiger partial charge is 0.309 e. The van der Waals surface area contributed by atoms with Crippen molar-refractivity contribution in [3.8, 4) is 6.07 Å². The van der Waals surface area contributed by atoms with E-state index < -0.39 is 11.9 Å². The van der Waals surface area contributed by atoms with Crippen molar-refractivity contribution in [3.05, 3.63) is 94.9 Å². The Labute approximate surface area is 218 Å². The van der Waals surface area contributed by atoms with E-state index in [1.54, 1.807) is 18.2 Å². The summed E-state index contributed by atoms with van der Waals surface area (Å²) in [5.41, 5.74) is 2.33. The van der Waals surface area contributed by atoms with Crippen molar-refractivity contribution in [1.29, 1.82) is 5.26 Å². The second-order valence-electron chi connectivity index (χ2n) is 7.68. The van der Waals surface area contributed by atoms with Crippen LogP contribution in [0.25, 0.3) is 0 Å². The highest BCUT2D eigenvalue weighted by Crippen LogP contribution is 2.45.